The fourth-order valence-electron chi connectivity index (χ4n) is 2.24. The van der Waals surface area contributed by atoms with Crippen LogP contribution in [0.5, 0.6) is 0 Å². The van der Waals surface area contributed by atoms with E-state index < -0.39 is 0 Å². The van der Waals surface area contributed by atoms with E-state index in [4.69, 9.17) is 34.8 Å². The SMILES string of the molecule is CC(c1ccccc1Cl)N(C)c1ccc(Cl)cc1CCl. The van der Waals surface area contributed by atoms with Gasteiger partial charge < -0.3 is 4.90 Å². The first-order valence-electron chi connectivity index (χ1n) is 6.36. The Morgan fingerprint density at radius 2 is 1.80 bits per heavy atom. The fourth-order valence-corrected chi connectivity index (χ4v) is 2.94. The van der Waals surface area contributed by atoms with Gasteiger partial charge in [-0.2, -0.15) is 0 Å². The second kappa shape index (κ2) is 6.71. The maximum absolute atomic E-state index is 6.28. The molecular formula is C16H16Cl3N. The summed E-state index contributed by atoms with van der Waals surface area (Å²) in [4.78, 5) is 2.16. The van der Waals surface area contributed by atoms with Crippen LogP contribution in [0.25, 0.3) is 0 Å². The third-order valence-corrected chi connectivity index (χ3v) is 4.37. The van der Waals surface area contributed by atoms with Gasteiger partial charge in [0.25, 0.3) is 0 Å². The lowest BCUT2D eigenvalue weighted by Gasteiger charge is -2.29. The Hall–Kier alpha value is -0.890. The van der Waals surface area contributed by atoms with Crippen molar-refractivity contribution in [2.75, 3.05) is 11.9 Å². The second-order valence-electron chi connectivity index (χ2n) is 4.72. The molecule has 2 rings (SSSR count). The van der Waals surface area contributed by atoms with Crippen LogP contribution in [0.15, 0.2) is 42.5 Å². The van der Waals surface area contributed by atoms with E-state index >= 15 is 0 Å². The minimum Gasteiger partial charge on any atom is -0.368 e. The molecule has 0 amide bonds. The van der Waals surface area contributed by atoms with Gasteiger partial charge >= 0.3 is 0 Å². The number of hydrogen-bond acceptors (Lipinski definition) is 1. The molecule has 0 spiro atoms. The van der Waals surface area contributed by atoms with Gasteiger partial charge in [0.05, 0.1) is 6.04 Å². The fraction of sp³-hybridized carbons (Fsp3) is 0.250. The Kier molecular flexibility index (Phi) is 5.20. The molecule has 2 aromatic carbocycles. The summed E-state index contributed by atoms with van der Waals surface area (Å²) in [5, 5.41) is 1.47. The highest BCUT2D eigenvalue weighted by atomic mass is 35.5. The summed E-state index contributed by atoms with van der Waals surface area (Å²) >= 11 is 18.3. The topological polar surface area (TPSA) is 3.24 Å². The Bertz CT molecular complexity index is 598. The number of halogens is 3. The molecule has 0 aliphatic rings. The molecule has 0 aliphatic heterocycles. The van der Waals surface area contributed by atoms with E-state index in [1.54, 1.807) is 0 Å². The molecule has 0 aromatic heterocycles. The third kappa shape index (κ3) is 3.22. The number of alkyl halides is 1. The quantitative estimate of drug-likeness (QED) is 0.629. The van der Waals surface area contributed by atoms with Gasteiger partial charge in [-0.3, -0.25) is 0 Å². The molecule has 0 saturated heterocycles. The summed E-state index contributed by atoms with van der Waals surface area (Å²) in [6, 6.07) is 13.8. The first-order valence-corrected chi connectivity index (χ1v) is 7.65. The van der Waals surface area contributed by atoms with E-state index in [-0.39, 0.29) is 6.04 Å². The molecule has 1 nitrogen and oxygen atoms in total. The van der Waals surface area contributed by atoms with Crippen molar-refractivity contribution in [3.63, 3.8) is 0 Å². The highest BCUT2D eigenvalue weighted by Gasteiger charge is 2.17. The highest BCUT2D eigenvalue weighted by Crippen LogP contribution is 2.33. The lowest BCUT2D eigenvalue weighted by molar-refractivity contribution is 0.737. The van der Waals surface area contributed by atoms with Crippen molar-refractivity contribution in [1.29, 1.82) is 0 Å². The van der Waals surface area contributed by atoms with Crippen molar-refractivity contribution in [1.82, 2.24) is 0 Å². The predicted octanol–water partition coefficient (Wildman–Crippen LogP) is 5.93. The van der Waals surface area contributed by atoms with Crippen LogP contribution in [0.1, 0.15) is 24.1 Å². The van der Waals surface area contributed by atoms with Crippen LogP contribution in [0.2, 0.25) is 10.0 Å². The van der Waals surface area contributed by atoms with E-state index in [9.17, 15) is 0 Å². The molecule has 0 radical (unpaired) electrons. The summed E-state index contributed by atoms with van der Waals surface area (Å²) in [6.07, 6.45) is 0. The van der Waals surface area contributed by atoms with E-state index in [0.717, 1.165) is 21.8 Å². The van der Waals surface area contributed by atoms with Gasteiger partial charge in [-0.25, -0.2) is 0 Å². The average Bonchev–Trinajstić information content (AvgIpc) is 2.46. The molecule has 20 heavy (non-hydrogen) atoms. The predicted molar refractivity (Wildman–Crippen MR) is 89.3 cm³/mol. The minimum atomic E-state index is 0.145. The van der Waals surface area contributed by atoms with Gasteiger partial charge in [0.15, 0.2) is 0 Å². The van der Waals surface area contributed by atoms with E-state index in [0.29, 0.717) is 10.9 Å². The van der Waals surface area contributed by atoms with Gasteiger partial charge in [-0.1, -0.05) is 41.4 Å². The zero-order valence-electron chi connectivity index (χ0n) is 11.4. The molecule has 106 valence electrons. The van der Waals surface area contributed by atoms with Gasteiger partial charge in [0.2, 0.25) is 0 Å². The van der Waals surface area contributed by atoms with Crippen molar-refractivity contribution in [2.45, 2.75) is 18.8 Å². The van der Waals surface area contributed by atoms with E-state index in [1.165, 1.54) is 0 Å². The second-order valence-corrected chi connectivity index (χ2v) is 5.83. The third-order valence-electron chi connectivity index (χ3n) is 3.50. The molecule has 4 heteroatoms. The molecule has 0 bridgehead atoms. The number of rotatable bonds is 4. The van der Waals surface area contributed by atoms with Crippen LogP contribution in [-0.2, 0) is 5.88 Å². The lowest BCUT2D eigenvalue weighted by atomic mass is 10.1. The van der Waals surface area contributed by atoms with E-state index in [1.807, 2.05) is 49.5 Å². The molecule has 2 aromatic rings. The molecule has 0 aliphatic carbocycles. The maximum atomic E-state index is 6.28. The van der Waals surface area contributed by atoms with Crippen molar-refractivity contribution >= 4 is 40.5 Å². The van der Waals surface area contributed by atoms with Crippen molar-refractivity contribution < 1.29 is 0 Å². The van der Waals surface area contributed by atoms with Gasteiger partial charge in [-0.15, -0.1) is 11.6 Å². The van der Waals surface area contributed by atoms with Crippen LogP contribution < -0.4 is 4.90 Å². The van der Waals surface area contributed by atoms with Crippen LogP contribution in [0.4, 0.5) is 5.69 Å². The number of nitrogens with zero attached hydrogens (tertiary/aromatic N) is 1. The number of benzene rings is 2. The zero-order valence-corrected chi connectivity index (χ0v) is 13.7. The zero-order chi connectivity index (χ0) is 14.7. The average molecular weight is 329 g/mol. The first-order chi connectivity index (χ1) is 9.54. The maximum Gasteiger partial charge on any atom is 0.0525 e. The van der Waals surface area contributed by atoms with Crippen LogP contribution >= 0.6 is 34.8 Å². The van der Waals surface area contributed by atoms with Crippen molar-refractivity contribution in [3.05, 3.63) is 63.6 Å². The molecule has 1 unspecified atom stereocenters. The molecule has 1 atom stereocenters. The normalized spacial score (nSPS) is 12.2. The summed E-state index contributed by atoms with van der Waals surface area (Å²) in [7, 11) is 2.04. The summed E-state index contributed by atoms with van der Waals surface area (Å²) in [5.41, 5.74) is 3.17. The van der Waals surface area contributed by atoms with Crippen LogP contribution in [0.3, 0.4) is 0 Å². The van der Waals surface area contributed by atoms with Gasteiger partial charge in [0.1, 0.15) is 0 Å². The number of anilines is 1. The largest absolute Gasteiger partial charge is 0.368 e. The van der Waals surface area contributed by atoms with E-state index in [2.05, 4.69) is 11.8 Å². The lowest BCUT2D eigenvalue weighted by Crippen LogP contribution is -2.23. The highest BCUT2D eigenvalue weighted by molar-refractivity contribution is 6.31. The minimum absolute atomic E-state index is 0.145. The molecule has 0 saturated carbocycles. The van der Waals surface area contributed by atoms with Crippen molar-refractivity contribution in [3.8, 4) is 0 Å². The smallest absolute Gasteiger partial charge is 0.0525 e. The molecule has 0 fully saturated rings. The standard InChI is InChI=1S/C16H16Cl3N/c1-11(14-5-3-4-6-15(14)19)20(2)16-8-7-13(18)9-12(16)10-17/h3-9,11H,10H2,1-2H3. The summed E-state index contributed by atoms with van der Waals surface area (Å²) in [5.74, 6) is 0.426. The van der Waals surface area contributed by atoms with Gasteiger partial charge in [0, 0.05) is 28.7 Å². The Labute approximate surface area is 135 Å². The molecular weight excluding hydrogens is 313 g/mol. The Balaban J connectivity index is 2.36. The van der Waals surface area contributed by atoms with Gasteiger partial charge in [-0.05, 0) is 42.3 Å². The number of hydrogen-bond donors (Lipinski definition) is 0. The first kappa shape index (κ1) is 15.5. The van der Waals surface area contributed by atoms with Crippen LogP contribution in [0, 0.1) is 0 Å². The monoisotopic (exact) mass is 327 g/mol. The summed E-state index contributed by atoms with van der Waals surface area (Å²) in [6.45, 7) is 2.12. The molecule has 0 N–H and O–H groups in total. The van der Waals surface area contributed by atoms with Crippen LogP contribution in [-0.4, -0.2) is 7.05 Å². The molecule has 0 heterocycles. The Morgan fingerprint density at radius 1 is 1.10 bits per heavy atom. The van der Waals surface area contributed by atoms with Crippen molar-refractivity contribution in [2.24, 2.45) is 0 Å². The summed E-state index contributed by atoms with van der Waals surface area (Å²) < 4.78 is 0. The Morgan fingerprint density at radius 3 is 2.45 bits per heavy atom.